The van der Waals surface area contributed by atoms with Crippen molar-refractivity contribution in [1.29, 1.82) is 0 Å². The maximum Gasteiger partial charge on any atom is 0.325 e. The first-order valence-corrected chi connectivity index (χ1v) is 17.6. The van der Waals surface area contributed by atoms with Crippen molar-refractivity contribution in [3.05, 3.63) is 0 Å². The molecule has 0 rings (SSSR count). The van der Waals surface area contributed by atoms with Gasteiger partial charge in [-0.25, -0.2) is 0 Å². The molecule has 0 saturated carbocycles. The molecule has 54 heavy (non-hydrogen) atoms. The lowest BCUT2D eigenvalue weighted by atomic mass is 9.92. The number of rotatable bonds is 22. The Morgan fingerprint density at radius 3 is 1.09 bits per heavy atom. The van der Waals surface area contributed by atoms with Crippen LogP contribution in [0.5, 0.6) is 0 Å². The van der Waals surface area contributed by atoms with Gasteiger partial charge in [-0.3, -0.25) is 38.4 Å². The molecule has 0 aliphatic carbocycles. The topological polar surface area (TPSA) is 268 Å². The molecule has 0 aromatic heterocycles. The molecular formula is C36H60N6O12. The first-order valence-electron chi connectivity index (χ1n) is 17.6. The summed E-state index contributed by atoms with van der Waals surface area (Å²) in [5.74, 6) is -1.56. The molecule has 0 radical (unpaired) electrons. The van der Waals surface area contributed by atoms with E-state index < -0.39 is 93.6 Å². The van der Waals surface area contributed by atoms with Gasteiger partial charge in [0.1, 0.15) is 24.2 Å². The molecule has 0 fully saturated rings. The van der Waals surface area contributed by atoms with Crippen molar-refractivity contribution < 1.29 is 58.0 Å². The van der Waals surface area contributed by atoms with Crippen LogP contribution in [0.4, 0.5) is 0 Å². The van der Waals surface area contributed by atoms with E-state index in [2.05, 4.69) is 43.7 Å². The summed E-state index contributed by atoms with van der Waals surface area (Å²) in [6.07, 6.45) is 0.675. The zero-order valence-electron chi connectivity index (χ0n) is 33.5. The summed E-state index contributed by atoms with van der Waals surface area (Å²) in [4.78, 5) is 96.4. The van der Waals surface area contributed by atoms with Gasteiger partial charge in [0.05, 0.1) is 35.2 Å². The van der Waals surface area contributed by atoms with Crippen LogP contribution in [0, 0.1) is 22.7 Å². The highest BCUT2D eigenvalue weighted by molar-refractivity contribution is 6.02. The Morgan fingerprint density at radius 1 is 0.519 bits per heavy atom. The lowest BCUT2D eigenvalue weighted by Crippen LogP contribution is -2.52. The van der Waals surface area contributed by atoms with Crippen LogP contribution in [-0.2, 0) is 47.8 Å². The number of carbonyl (C=O) groups is 8. The molecule has 8 N–H and O–H groups in total. The maximum atomic E-state index is 12.8. The molecule has 0 aliphatic rings. The van der Waals surface area contributed by atoms with Crippen LogP contribution in [0.3, 0.4) is 0 Å². The number of amides is 6. The third-order valence-electron chi connectivity index (χ3n) is 8.13. The highest BCUT2D eigenvalue weighted by Gasteiger charge is 2.35. The van der Waals surface area contributed by atoms with Crippen LogP contribution in [-0.4, -0.2) is 119 Å². The number of hydrogen-bond acceptors (Lipinski definition) is 10. The number of nitrogens with one attached hydrogen (secondary N) is 6. The van der Waals surface area contributed by atoms with E-state index in [0.29, 0.717) is 12.8 Å². The van der Waals surface area contributed by atoms with Gasteiger partial charge in [-0.2, -0.15) is 0 Å². The van der Waals surface area contributed by atoms with E-state index in [1.165, 1.54) is 27.7 Å². The molecule has 0 heterocycles. The van der Waals surface area contributed by atoms with E-state index in [1.807, 2.05) is 0 Å². The largest absolute Gasteiger partial charge is 0.480 e. The quantitative estimate of drug-likeness (QED) is 0.0668. The summed E-state index contributed by atoms with van der Waals surface area (Å²) in [5.41, 5.74) is -3.65. The number of carboxylic acid groups (broad SMARTS) is 2. The fourth-order valence-electron chi connectivity index (χ4n) is 3.90. The van der Waals surface area contributed by atoms with Gasteiger partial charge in [0.2, 0.25) is 23.6 Å². The van der Waals surface area contributed by atoms with Crippen LogP contribution in [0.15, 0.2) is 0 Å². The summed E-state index contributed by atoms with van der Waals surface area (Å²) in [6, 6.07) is -4.18. The SMILES string of the molecule is CC(NC(=O)C(C)NC(=O)C(C)(C)COC(C)(C)CCNC(=O)C#CC(=O)NCCC(C)(C)OCC(C)(C)C(=O)NC(C)C(=O)NC(C)C(=O)O)C(=O)O. The summed E-state index contributed by atoms with van der Waals surface area (Å²) in [7, 11) is 0. The highest BCUT2D eigenvalue weighted by Crippen LogP contribution is 2.23. The Labute approximate surface area is 317 Å². The molecule has 6 amide bonds. The predicted molar refractivity (Wildman–Crippen MR) is 196 cm³/mol. The van der Waals surface area contributed by atoms with E-state index >= 15 is 0 Å². The fraction of sp³-hybridized carbons (Fsp3) is 0.722. The number of carboxylic acids is 2. The van der Waals surface area contributed by atoms with Crippen molar-refractivity contribution in [1.82, 2.24) is 31.9 Å². The van der Waals surface area contributed by atoms with Crippen molar-refractivity contribution in [2.45, 2.75) is 131 Å². The maximum absolute atomic E-state index is 12.8. The third-order valence-corrected chi connectivity index (χ3v) is 8.13. The second-order valence-electron chi connectivity index (χ2n) is 15.7. The third kappa shape index (κ3) is 19.4. The van der Waals surface area contributed by atoms with E-state index in [-0.39, 0.29) is 26.3 Å². The van der Waals surface area contributed by atoms with Gasteiger partial charge < -0.3 is 51.6 Å². The zero-order valence-corrected chi connectivity index (χ0v) is 33.5. The van der Waals surface area contributed by atoms with Gasteiger partial charge in [-0.15, -0.1) is 0 Å². The lowest BCUT2D eigenvalue weighted by Gasteiger charge is -2.32. The second-order valence-corrected chi connectivity index (χ2v) is 15.7. The summed E-state index contributed by atoms with van der Waals surface area (Å²) in [5, 5.41) is 32.8. The number of hydrogen-bond donors (Lipinski definition) is 8. The van der Waals surface area contributed by atoms with Crippen molar-refractivity contribution in [2.75, 3.05) is 26.3 Å². The Balaban J connectivity index is 4.70. The molecule has 0 saturated heterocycles. The van der Waals surface area contributed by atoms with Crippen molar-refractivity contribution in [3.8, 4) is 11.8 Å². The van der Waals surface area contributed by atoms with E-state index in [9.17, 15) is 38.4 Å². The summed E-state index contributed by atoms with van der Waals surface area (Å²) < 4.78 is 11.9. The monoisotopic (exact) mass is 768 g/mol. The minimum Gasteiger partial charge on any atom is -0.480 e. The normalized spacial score (nSPS) is 14.1. The average Bonchev–Trinajstić information content (AvgIpc) is 3.05. The lowest BCUT2D eigenvalue weighted by molar-refractivity contribution is -0.143. The molecule has 306 valence electrons. The van der Waals surface area contributed by atoms with Gasteiger partial charge in [-0.05, 0) is 95.9 Å². The first kappa shape index (κ1) is 49.2. The molecule has 4 atom stereocenters. The van der Waals surface area contributed by atoms with Gasteiger partial charge in [0, 0.05) is 24.9 Å². The van der Waals surface area contributed by atoms with Crippen LogP contribution < -0.4 is 31.9 Å². The Kier molecular flexibility index (Phi) is 19.3. The summed E-state index contributed by atoms with van der Waals surface area (Å²) in [6.45, 7) is 19.3. The standard InChI is InChI=1S/C36H60N6O12/c1-21(27(45)39-23(3)29(47)48)41-31(51)33(5,6)19-53-35(9,10)15-17-37-25(43)13-14-26(44)38-18-16-36(11,12)54-20-34(7,8)32(52)42-22(2)28(46)40-24(4)30(49)50/h21-24H,15-20H2,1-12H3,(H,37,43)(H,38,44)(H,39,45)(H,40,46)(H,41,51)(H,42,52)(H,47,48)(H,49,50). The zero-order chi connectivity index (χ0) is 42.2. The molecule has 18 heteroatoms. The highest BCUT2D eigenvalue weighted by atomic mass is 16.5. The molecule has 0 aliphatic heterocycles. The van der Waals surface area contributed by atoms with E-state index in [1.54, 1.807) is 55.4 Å². The Hall–Kier alpha value is -4.76. The predicted octanol–water partition coefficient (Wildman–Crippen LogP) is -0.167. The molecule has 0 aromatic rings. The van der Waals surface area contributed by atoms with Crippen molar-refractivity contribution >= 4 is 47.4 Å². The van der Waals surface area contributed by atoms with Crippen LogP contribution in [0.25, 0.3) is 0 Å². The average molecular weight is 769 g/mol. The number of ether oxygens (including phenoxy) is 2. The Bertz CT molecular complexity index is 1340. The van der Waals surface area contributed by atoms with E-state index in [4.69, 9.17) is 19.7 Å². The van der Waals surface area contributed by atoms with Crippen LogP contribution >= 0.6 is 0 Å². The second kappa shape index (κ2) is 21.2. The van der Waals surface area contributed by atoms with Crippen LogP contribution in [0.1, 0.15) is 95.9 Å². The fourth-order valence-corrected chi connectivity index (χ4v) is 3.90. The van der Waals surface area contributed by atoms with Gasteiger partial charge in [0.15, 0.2) is 0 Å². The Morgan fingerprint density at radius 2 is 0.815 bits per heavy atom. The number of carbonyl (C=O) groups excluding carboxylic acids is 6. The van der Waals surface area contributed by atoms with E-state index in [0.717, 1.165) is 0 Å². The molecule has 4 unspecified atom stereocenters. The molecule has 0 spiro atoms. The van der Waals surface area contributed by atoms with Gasteiger partial charge >= 0.3 is 11.9 Å². The van der Waals surface area contributed by atoms with Crippen molar-refractivity contribution in [2.24, 2.45) is 10.8 Å². The van der Waals surface area contributed by atoms with Crippen LogP contribution in [0.2, 0.25) is 0 Å². The minimum atomic E-state index is -1.20. The smallest absolute Gasteiger partial charge is 0.325 e. The molecule has 0 aromatic carbocycles. The molecule has 18 nitrogen and oxygen atoms in total. The number of aliphatic carboxylic acids is 2. The summed E-state index contributed by atoms with van der Waals surface area (Å²) >= 11 is 0. The molecule has 0 bridgehead atoms. The van der Waals surface area contributed by atoms with Gasteiger partial charge in [-0.1, -0.05) is 0 Å². The molecular weight excluding hydrogens is 708 g/mol. The van der Waals surface area contributed by atoms with Crippen molar-refractivity contribution in [3.63, 3.8) is 0 Å². The van der Waals surface area contributed by atoms with Gasteiger partial charge in [0.25, 0.3) is 11.8 Å². The minimum absolute atomic E-state index is 0.0229. The first-order chi connectivity index (χ1) is 24.5.